The van der Waals surface area contributed by atoms with Crippen molar-refractivity contribution in [2.45, 2.75) is 31.0 Å². The number of hydrogen-bond donors (Lipinski definition) is 0. The smallest absolute Gasteiger partial charge is 0.348 e. The molecule has 3 heterocycles. The summed E-state index contributed by atoms with van der Waals surface area (Å²) >= 11 is 0. The van der Waals surface area contributed by atoms with Crippen molar-refractivity contribution < 1.29 is 18.7 Å². The molecule has 0 unspecified atom stereocenters. The fourth-order valence-electron chi connectivity index (χ4n) is 3.13. The molecule has 0 aromatic carbocycles. The lowest BCUT2D eigenvalue weighted by Crippen LogP contribution is -2.37. The van der Waals surface area contributed by atoms with Gasteiger partial charge in [-0.05, 0) is 12.5 Å². The number of methoxy groups -OCH3 is 1. The molecule has 1 aromatic heterocycles. The van der Waals surface area contributed by atoms with Crippen molar-refractivity contribution >= 4 is 5.97 Å². The minimum atomic E-state index is -2.13. The minimum Gasteiger partial charge on any atom is -0.468 e. The van der Waals surface area contributed by atoms with Crippen molar-refractivity contribution in [1.29, 1.82) is 0 Å². The van der Waals surface area contributed by atoms with E-state index in [4.69, 9.17) is 4.74 Å². The average molecular weight is 290 g/mol. The van der Waals surface area contributed by atoms with Gasteiger partial charge in [0, 0.05) is 31.1 Å². The van der Waals surface area contributed by atoms with Gasteiger partial charge in [0.1, 0.15) is 6.10 Å². The van der Waals surface area contributed by atoms with Crippen LogP contribution in [-0.2, 0) is 19.9 Å². The molecule has 6 heteroatoms. The van der Waals surface area contributed by atoms with Crippen LogP contribution in [0.1, 0.15) is 36.6 Å². The third-order valence-electron chi connectivity index (χ3n) is 4.42. The van der Waals surface area contributed by atoms with Crippen LogP contribution in [0.5, 0.6) is 0 Å². The molecular formula is C15H15FN2O3. The molecule has 2 aliphatic heterocycles. The molecule has 1 aliphatic carbocycles. The first-order valence-electron chi connectivity index (χ1n) is 7.05. The molecule has 1 fully saturated rings. The van der Waals surface area contributed by atoms with Crippen LogP contribution in [0, 0.1) is 0 Å². The molecule has 0 N–H and O–H groups in total. The Hall–Kier alpha value is -2.11. The van der Waals surface area contributed by atoms with Gasteiger partial charge >= 0.3 is 5.97 Å². The lowest BCUT2D eigenvalue weighted by Gasteiger charge is -2.33. The first kappa shape index (κ1) is 12.6. The SMILES string of the molecule is COC(=O)[C@]1(F)CC[C@@H](OC2=C3CCN32)c2ncccc21. The lowest BCUT2D eigenvalue weighted by molar-refractivity contribution is -0.157. The first-order chi connectivity index (χ1) is 10.1. The van der Waals surface area contributed by atoms with Crippen molar-refractivity contribution in [3.05, 3.63) is 41.2 Å². The first-order valence-corrected chi connectivity index (χ1v) is 7.05. The topological polar surface area (TPSA) is 51.4 Å². The van der Waals surface area contributed by atoms with Gasteiger partial charge in [-0.2, -0.15) is 0 Å². The molecule has 21 heavy (non-hydrogen) atoms. The molecule has 0 saturated carbocycles. The number of fused-ring (bicyclic) bond motifs is 2. The molecule has 2 atom stereocenters. The fourth-order valence-corrected chi connectivity index (χ4v) is 3.13. The Labute approximate surface area is 121 Å². The summed E-state index contributed by atoms with van der Waals surface area (Å²) in [5.41, 5.74) is -0.129. The highest BCUT2D eigenvalue weighted by molar-refractivity contribution is 5.82. The maximum absolute atomic E-state index is 15.1. The number of pyridine rings is 1. The maximum Gasteiger partial charge on any atom is 0.348 e. The van der Waals surface area contributed by atoms with E-state index in [1.54, 1.807) is 18.3 Å². The highest BCUT2D eigenvalue weighted by Crippen LogP contribution is 2.50. The summed E-state index contributed by atoms with van der Waals surface area (Å²) in [5.74, 6) is 0.0356. The van der Waals surface area contributed by atoms with E-state index in [1.807, 2.05) is 0 Å². The van der Waals surface area contributed by atoms with Crippen molar-refractivity contribution in [2.75, 3.05) is 13.7 Å². The molecule has 3 aliphatic rings. The second kappa shape index (κ2) is 4.19. The van der Waals surface area contributed by atoms with Crippen LogP contribution in [0.4, 0.5) is 4.39 Å². The van der Waals surface area contributed by atoms with E-state index in [-0.39, 0.29) is 18.1 Å². The Kier molecular flexibility index (Phi) is 2.52. The van der Waals surface area contributed by atoms with Gasteiger partial charge in [-0.3, -0.25) is 4.98 Å². The van der Waals surface area contributed by atoms with Gasteiger partial charge < -0.3 is 14.4 Å². The third kappa shape index (κ3) is 1.68. The zero-order chi connectivity index (χ0) is 14.6. The summed E-state index contributed by atoms with van der Waals surface area (Å²) in [5, 5.41) is 0. The Bertz CT molecular complexity index is 660. The van der Waals surface area contributed by atoms with E-state index < -0.39 is 11.6 Å². The molecule has 0 bridgehead atoms. The lowest BCUT2D eigenvalue weighted by atomic mass is 9.81. The molecule has 0 spiro atoms. The monoisotopic (exact) mass is 290 g/mol. The van der Waals surface area contributed by atoms with E-state index in [1.165, 1.54) is 12.8 Å². The predicted octanol–water partition coefficient (Wildman–Crippen LogP) is 2.16. The number of rotatable bonds is 3. The van der Waals surface area contributed by atoms with Crippen molar-refractivity contribution in [3.63, 3.8) is 0 Å². The van der Waals surface area contributed by atoms with Crippen LogP contribution in [0.3, 0.4) is 0 Å². The van der Waals surface area contributed by atoms with Gasteiger partial charge in [0.25, 0.3) is 0 Å². The molecule has 5 nitrogen and oxygen atoms in total. The number of carbonyl (C=O) groups is 1. The Morgan fingerprint density at radius 1 is 1.57 bits per heavy atom. The normalized spacial score (nSPS) is 29.2. The molecule has 110 valence electrons. The Morgan fingerprint density at radius 3 is 3.05 bits per heavy atom. The number of hydrogen-bond acceptors (Lipinski definition) is 5. The fraction of sp³-hybridized carbons (Fsp3) is 0.467. The zero-order valence-corrected chi connectivity index (χ0v) is 11.6. The number of carbonyl (C=O) groups excluding carboxylic acids is 1. The summed E-state index contributed by atoms with van der Waals surface area (Å²) in [4.78, 5) is 18.2. The van der Waals surface area contributed by atoms with E-state index in [0.717, 1.165) is 18.8 Å². The van der Waals surface area contributed by atoms with Crippen molar-refractivity contribution in [2.24, 2.45) is 0 Å². The van der Waals surface area contributed by atoms with Gasteiger partial charge in [0.05, 0.1) is 18.5 Å². The second-order valence-corrected chi connectivity index (χ2v) is 5.53. The summed E-state index contributed by atoms with van der Waals surface area (Å²) in [6, 6.07) is 3.22. The zero-order valence-electron chi connectivity index (χ0n) is 11.6. The molecular weight excluding hydrogens is 275 g/mol. The van der Waals surface area contributed by atoms with Gasteiger partial charge in [0.2, 0.25) is 11.6 Å². The van der Waals surface area contributed by atoms with Crippen LogP contribution in [0.15, 0.2) is 29.9 Å². The van der Waals surface area contributed by atoms with Gasteiger partial charge in [-0.25, -0.2) is 9.18 Å². The van der Waals surface area contributed by atoms with E-state index in [2.05, 4.69) is 14.6 Å². The number of aromatic nitrogens is 1. The highest BCUT2D eigenvalue weighted by atomic mass is 19.1. The van der Waals surface area contributed by atoms with Crippen LogP contribution >= 0.6 is 0 Å². The standard InChI is InChI=1S/C15H15FN2O3/c1-20-14(19)15(16)6-4-11(12-9(15)3-2-7-17-12)21-13-10-5-8-18(10)13/h2-3,7,11H,4-6,8H2,1H3/t11-,15+,18?/m1/s1. The number of nitrogens with zero attached hydrogens (tertiary/aromatic N) is 2. The summed E-state index contributed by atoms with van der Waals surface area (Å²) in [7, 11) is 1.20. The number of alkyl halides is 1. The van der Waals surface area contributed by atoms with Crippen LogP contribution in [0.25, 0.3) is 0 Å². The highest BCUT2D eigenvalue weighted by Gasteiger charge is 2.51. The van der Waals surface area contributed by atoms with Crippen LogP contribution in [-0.4, -0.2) is 29.5 Å². The van der Waals surface area contributed by atoms with Gasteiger partial charge in [0.15, 0.2) is 0 Å². The molecule has 1 saturated heterocycles. The minimum absolute atomic E-state index is 0.0473. The van der Waals surface area contributed by atoms with E-state index >= 15 is 4.39 Å². The summed E-state index contributed by atoms with van der Waals surface area (Å²) in [6.07, 6.45) is 2.79. The largest absolute Gasteiger partial charge is 0.468 e. The van der Waals surface area contributed by atoms with E-state index in [9.17, 15) is 4.79 Å². The Morgan fingerprint density at radius 2 is 2.38 bits per heavy atom. The number of ether oxygens (including phenoxy) is 2. The maximum atomic E-state index is 15.1. The quantitative estimate of drug-likeness (QED) is 0.798. The average Bonchev–Trinajstić information content (AvgIpc) is 2.99. The van der Waals surface area contributed by atoms with Crippen molar-refractivity contribution in [1.82, 2.24) is 9.88 Å². The summed E-state index contributed by atoms with van der Waals surface area (Å²) in [6.45, 7) is 1.00. The summed E-state index contributed by atoms with van der Waals surface area (Å²) < 4.78 is 25.6. The van der Waals surface area contributed by atoms with Gasteiger partial charge in [-0.1, -0.05) is 6.07 Å². The Balaban J connectivity index is 1.67. The molecule has 1 aromatic rings. The number of esters is 1. The second-order valence-electron chi connectivity index (χ2n) is 5.53. The molecule has 4 rings (SSSR count). The van der Waals surface area contributed by atoms with Crippen molar-refractivity contribution in [3.8, 4) is 0 Å². The molecule has 0 radical (unpaired) electrons. The number of halogens is 1. The molecule has 0 amide bonds. The third-order valence-corrected chi connectivity index (χ3v) is 4.42. The van der Waals surface area contributed by atoms with E-state index in [0.29, 0.717) is 12.1 Å². The van der Waals surface area contributed by atoms with Gasteiger partial charge in [-0.15, -0.1) is 0 Å². The predicted molar refractivity (Wildman–Crippen MR) is 70.4 cm³/mol. The van der Waals surface area contributed by atoms with Crippen LogP contribution in [0.2, 0.25) is 0 Å². The van der Waals surface area contributed by atoms with Crippen LogP contribution < -0.4 is 0 Å².